The summed E-state index contributed by atoms with van der Waals surface area (Å²) in [5.74, 6) is 0. The quantitative estimate of drug-likeness (QED) is 0.376. The predicted molar refractivity (Wildman–Crippen MR) is 38.8 cm³/mol. The first kappa shape index (κ1) is 36.9. The van der Waals surface area contributed by atoms with Gasteiger partial charge in [0.2, 0.25) is 0 Å². The van der Waals surface area contributed by atoms with E-state index in [0.29, 0.717) is 0 Å². The summed E-state index contributed by atoms with van der Waals surface area (Å²) in [6, 6.07) is 0. The second-order valence-electron chi connectivity index (χ2n) is 0. The molecule has 0 aromatic carbocycles. The molecule has 0 bridgehead atoms. The summed E-state index contributed by atoms with van der Waals surface area (Å²) in [6.45, 7) is 0. The van der Waals surface area contributed by atoms with Crippen molar-refractivity contribution in [3.8, 4) is 0 Å². The molecular weight excluding hydrogens is 208 g/mol. The van der Waals surface area contributed by atoms with Crippen molar-refractivity contribution in [2.24, 2.45) is 0 Å². The zero-order valence-electron chi connectivity index (χ0n) is 1.00. The normalized spacial score (nSPS) is 0. The summed E-state index contributed by atoms with van der Waals surface area (Å²) in [4.78, 5) is 0. The van der Waals surface area contributed by atoms with Gasteiger partial charge in [0.25, 0.3) is 0 Å². The molecule has 0 N–H and O–H groups in total. The minimum absolute atomic E-state index is 0. The molecule has 0 aromatic heterocycles. The second-order valence-corrected chi connectivity index (χ2v) is 0. The minimum atomic E-state index is 0. The van der Waals surface area contributed by atoms with E-state index >= 15 is 0 Å². The van der Waals surface area contributed by atoms with Gasteiger partial charge in [0, 0.05) is 0 Å². The van der Waals surface area contributed by atoms with Crippen LogP contribution in [0.1, 0.15) is 0 Å². The van der Waals surface area contributed by atoms with Crippen LogP contribution in [-0.4, -0.2) is 54.2 Å². The molecule has 0 rings (SSSR count). The molecule has 28 valence electrons. The van der Waals surface area contributed by atoms with Crippen molar-refractivity contribution in [3.05, 3.63) is 0 Å². The summed E-state index contributed by atoms with van der Waals surface area (Å²) >= 11 is 0. The third-order valence-electron chi connectivity index (χ3n) is 0. The molecule has 0 atom stereocenters. The van der Waals surface area contributed by atoms with Crippen LogP contribution in [0.15, 0.2) is 0 Å². The van der Waals surface area contributed by atoms with E-state index < -0.39 is 0 Å². The molecule has 0 heterocycles. The fraction of sp³-hybridized carbons (Fsp3) is 0. The van der Waals surface area contributed by atoms with E-state index in [9.17, 15) is 0 Å². The van der Waals surface area contributed by atoms with Crippen LogP contribution in [0.4, 0.5) is 0 Å². The first-order valence-electron chi connectivity index (χ1n) is 0. The number of rotatable bonds is 0. The summed E-state index contributed by atoms with van der Waals surface area (Å²) in [6.07, 6.45) is 0. The van der Waals surface area contributed by atoms with Crippen molar-refractivity contribution in [2.75, 3.05) is 0 Å². The van der Waals surface area contributed by atoms with Crippen LogP contribution in [0.25, 0.3) is 0 Å². The Bertz CT molecular complexity index is 8.00. The Balaban J connectivity index is 0. The summed E-state index contributed by atoms with van der Waals surface area (Å²) in [5.41, 5.74) is 0. The van der Waals surface area contributed by atoms with Gasteiger partial charge in [0.1, 0.15) is 0 Å². The average Bonchev–Trinajstić information content (AvgIpc) is 0. The van der Waals surface area contributed by atoms with E-state index in [2.05, 4.69) is 0 Å². The van der Waals surface area contributed by atoms with Crippen LogP contribution in [-0.2, 0) is 0 Å². The average molecular weight is 218 g/mol. The van der Waals surface area contributed by atoms with Gasteiger partial charge in [-0.15, -0.1) is 0 Å². The van der Waals surface area contributed by atoms with E-state index in [1.54, 1.807) is 0 Å². The van der Waals surface area contributed by atoms with Crippen molar-refractivity contribution < 1.29 is 0 Å². The molecule has 0 saturated heterocycles. The van der Waals surface area contributed by atoms with Crippen molar-refractivity contribution in [2.45, 2.75) is 0 Å². The van der Waals surface area contributed by atoms with Crippen LogP contribution >= 0.6 is 13.5 Å². The first-order chi connectivity index (χ1) is 0. The van der Waals surface area contributed by atoms with Gasteiger partial charge in [0.05, 0.1) is 0 Å². The first-order valence-corrected chi connectivity index (χ1v) is 0. The Morgan fingerprint density at radius 3 is 1.00 bits per heavy atom. The molecule has 0 amide bonds. The third-order valence-corrected chi connectivity index (χ3v) is 0. The van der Waals surface area contributed by atoms with Crippen molar-refractivity contribution in [1.82, 2.24) is 0 Å². The Hall–Kier alpha value is 2.04. The molecule has 0 radical (unpaired) electrons. The molecule has 4 heteroatoms. The fourth-order valence-electron chi connectivity index (χ4n) is 0. The molecule has 0 nitrogen and oxygen atoms in total. The van der Waals surface area contributed by atoms with Crippen molar-refractivity contribution in [1.29, 1.82) is 0 Å². The van der Waals surface area contributed by atoms with Crippen LogP contribution in [0, 0.1) is 0 Å². The van der Waals surface area contributed by atoms with Gasteiger partial charge in [-0.2, -0.15) is 13.5 Å². The van der Waals surface area contributed by atoms with Gasteiger partial charge >= 0.3 is 36.9 Å². The van der Waals surface area contributed by atoms with Gasteiger partial charge in [-0.05, 0) is 0 Å². The Kier molecular flexibility index (Phi) is 182. The molecule has 0 aliphatic carbocycles. The van der Waals surface area contributed by atoms with Gasteiger partial charge in [-0.3, -0.25) is 0 Å². The van der Waals surface area contributed by atoms with E-state index in [-0.39, 0.29) is 67.7 Å². The molecule has 0 aliphatic rings. The van der Waals surface area contributed by atoms with Gasteiger partial charge in [-0.1, -0.05) is 0 Å². The Morgan fingerprint density at radius 2 is 1.00 bits per heavy atom. The van der Waals surface area contributed by atoms with Crippen molar-refractivity contribution >= 4 is 67.7 Å². The molecule has 0 spiro atoms. The monoisotopic (exact) mass is 218 g/mol. The number of hydrogen-bond acceptors (Lipinski definition) is 0. The Morgan fingerprint density at radius 1 is 1.00 bits per heavy atom. The summed E-state index contributed by atoms with van der Waals surface area (Å²) in [5, 5.41) is 0. The zero-order valence-corrected chi connectivity index (χ0v) is 4.10. The molecule has 0 saturated carbocycles. The van der Waals surface area contributed by atoms with Gasteiger partial charge in [-0.25, -0.2) is 0 Å². The van der Waals surface area contributed by atoms with E-state index in [1.165, 1.54) is 0 Å². The number of hydrogen-bond donors (Lipinski definition) is 0. The van der Waals surface area contributed by atoms with Gasteiger partial charge in [0.15, 0.2) is 17.4 Å². The maximum atomic E-state index is 0. The van der Waals surface area contributed by atoms with Gasteiger partial charge < -0.3 is 0 Å². The van der Waals surface area contributed by atoms with E-state index in [4.69, 9.17) is 0 Å². The molecule has 0 unspecified atom stereocenters. The standard InChI is InChI=1S/Al.Ga.H2S.H2Se.6H/h;;2*1H2;;;;;;. The molecule has 0 aliphatic heterocycles. The van der Waals surface area contributed by atoms with Crippen molar-refractivity contribution in [3.63, 3.8) is 0 Å². The molecule has 0 fully saturated rings. The molecule has 0 aromatic rings. The van der Waals surface area contributed by atoms with Crippen LogP contribution in [0.3, 0.4) is 0 Å². The molecule has 4 heavy (non-hydrogen) atoms. The molecular formula is H10AlGaSSe. The third kappa shape index (κ3) is 8.97. The van der Waals surface area contributed by atoms with Crippen LogP contribution in [0.5, 0.6) is 0 Å². The topological polar surface area (TPSA) is 0 Å². The maximum absolute atomic E-state index is 0. The van der Waals surface area contributed by atoms with Crippen LogP contribution < -0.4 is 0 Å². The second kappa shape index (κ2) is 19.8. The summed E-state index contributed by atoms with van der Waals surface area (Å²) < 4.78 is 0. The predicted octanol–water partition coefficient (Wildman–Crippen LogP) is -3.17. The Labute approximate surface area is 67.2 Å². The van der Waals surface area contributed by atoms with Crippen LogP contribution in [0.2, 0.25) is 0 Å². The van der Waals surface area contributed by atoms with E-state index in [1.807, 2.05) is 0 Å². The summed E-state index contributed by atoms with van der Waals surface area (Å²) in [7, 11) is 0. The fourth-order valence-corrected chi connectivity index (χ4v) is 0. The van der Waals surface area contributed by atoms with E-state index in [0.717, 1.165) is 0 Å². The SMILES string of the molecule is S.[AlH3].[GaH3].[SeH2]. The zero-order chi connectivity index (χ0) is 0.